The second kappa shape index (κ2) is 9.71. The van der Waals surface area contributed by atoms with Crippen LogP contribution in [0.15, 0.2) is 53.4 Å². The zero-order chi connectivity index (χ0) is 22.7. The number of aromatic nitrogens is 1. The van der Waals surface area contributed by atoms with Crippen molar-refractivity contribution in [2.75, 3.05) is 19.2 Å². The summed E-state index contributed by atoms with van der Waals surface area (Å²) in [4.78, 5) is 25.7. The van der Waals surface area contributed by atoms with E-state index >= 15 is 0 Å². The number of Topliss-reactive ketones (excluding diaryl/α,β-unsaturated/α-hetero) is 1. The van der Waals surface area contributed by atoms with E-state index in [-0.39, 0.29) is 24.9 Å². The fourth-order valence-electron chi connectivity index (χ4n) is 3.49. The Kier molecular flexibility index (Phi) is 6.77. The number of ketones is 1. The standard InChI is InChI=1S/C24H22ClNO5S/c1-15-9-20(16(2)26(15)11-17-3-8-22-23(10-17)31-14-30-22)21(27)12-29-24(28)13-32-19-6-4-18(25)5-7-19/h3-10H,11-14H2,1-2H3. The summed E-state index contributed by atoms with van der Waals surface area (Å²) in [5.74, 6) is 0.927. The Balaban J connectivity index is 1.34. The van der Waals surface area contributed by atoms with E-state index in [1.165, 1.54) is 11.8 Å². The first-order valence-corrected chi connectivity index (χ1v) is 11.4. The Bertz CT molecular complexity index is 1160. The van der Waals surface area contributed by atoms with Crippen LogP contribution in [0, 0.1) is 13.8 Å². The lowest BCUT2D eigenvalue weighted by molar-refractivity contribution is -0.139. The van der Waals surface area contributed by atoms with Crippen molar-refractivity contribution in [2.24, 2.45) is 0 Å². The number of benzene rings is 2. The monoisotopic (exact) mass is 471 g/mol. The van der Waals surface area contributed by atoms with Crippen LogP contribution in [0.2, 0.25) is 5.02 Å². The van der Waals surface area contributed by atoms with Gasteiger partial charge in [-0.15, -0.1) is 11.8 Å². The molecule has 4 rings (SSSR count). The minimum absolute atomic E-state index is 0.123. The number of rotatable bonds is 8. The first-order valence-electron chi connectivity index (χ1n) is 10.0. The van der Waals surface area contributed by atoms with Crippen LogP contribution >= 0.6 is 23.4 Å². The predicted molar refractivity (Wildman–Crippen MR) is 123 cm³/mol. The number of thioether (sulfide) groups is 1. The molecule has 1 aliphatic heterocycles. The third kappa shape index (κ3) is 5.11. The van der Waals surface area contributed by atoms with E-state index in [0.717, 1.165) is 33.3 Å². The second-order valence-electron chi connectivity index (χ2n) is 7.39. The molecule has 2 heterocycles. The Labute approximate surface area is 195 Å². The number of hydrogen-bond donors (Lipinski definition) is 0. The van der Waals surface area contributed by atoms with E-state index in [1.54, 1.807) is 12.1 Å². The molecular formula is C24H22ClNO5S. The van der Waals surface area contributed by atoms with Gasteiger partial charge in [0.05, 0.1) is 5.75 Å². The van der Waals surface area contributed by atoms with Gasteiger partial charge in [-0.05, 0) is 61.9 Å². The molecule has 0 N–H and O–H groups in total. The van der Waals surface area contributed by atoms with Gasteiger partial charge in [-0.2, -0.15) is 0 Å². The number of esters is 1. The molecule has 0 bridgehead atoms. The highest BCUT2D eigenvalue weighted by atomic mass is 35.5. The molecule has 32 heavy (non-hydrogen) atoms. The quantitative estimate of drug-likeness (QED) is 0.260. The maximum atomic E-state index is 12.7. The summed E-state index contributed by atoms with van der Waals surface area (Å²) in [6, 6.07) is 14.8. The number of halogens is 1. The molecule has 0 spiro atoms. The van der Waals surface area contributed by atoms with Crippen molar-refractivity contribution in [3.8, 4) is 11.5 Å². The van der Waals surface area contributed by atoms with Crippen LogP contribution in [0.5, 0.6) is 11.5 Å². The SMILES string of the molecule is Cc1cc(C(=O)COC(=O)CSc2ccc(Cl)cc2)c(C)n1Cc1ccc2c(c1)OCO2. The van der Waals surface area contributed by atoms with Crippen LogP contribution in [0.4, 0.5) is 0 Å². The van der Waals surface area contributed by atoms with Crippen LogP contribution in [-0.4, -0.2) is 35.5 Å². The molecule has 6 nitrogen and oxygen atoms in total. The minimum Gasteiger partial charge on any atom is -0.457 e. The van der Waals surface area contributed by atoms with Gasteiger partial charge in [-0.25, -0.2) is 0 Å². The molecule has 8 heteroatoms. The largest absolute Gasteiger partial charge is 0.457 e. The van der Waals surface area contributed by atoms with Crippen LogP contribution in [-0.2, 0) is 16.1 Å². The molecule has 0 atom stereocenters. The van der Waals surface area contributed by atoms with Crippen molar-refractivity contribution in [1.29, 1.82) is 0 Å². The van der Waals surface area contributed by atoms with Crippen LogP contribution < -0.4 is 9.47 Å². The highest BCUT2D eigenvalue weighted by molar-refractivity contribution is 8.00. The van der Waals surface area contributed by atoms with Gasteiger partial charge >= 0.3 is 5.97 Å². The maximum absolute atomic E-state index is 12.7. The number of fused-ring (bicyclic) bond motifs is 1. The highest BCUT2D eigenvalue weighted by Gasteiger charge is 2.19. The summed E-state index contributed by atoms with van der Waals surface area (Å²) in [5.41, 5.74) is 3.38. The Morgan fingerprint density at radius 2 is 1.81 bits per heavy atom. The molecule has 0 amide bonds. The lowest BCUT2D eigenvalue weighted by Crippen LogP contribution is -2.16. The molecule has 3 aromatic rings. The molecule has 0 unspecified atom stereocenters. The number of nitrogens with zero attached hydrogens (tertiary/aromatic N) is 1. The fraction of sp³-hybridized carbons (Fsp3) is 0.250. The highest BCUT2D eigenvalue weighted by Crippen LogP contribution is 2.33. The Morgan fingerprint density at radius 1 is 1.06 bits per heavy atom. The predicted octanol–water partition coefficient (Wildman–Crippen LogP) is 5.05. The first-order chi connectivity index (χ1) is 15.4. The maximum Gasteiger partial charge on any atom is 0.316 e. The molecule has 166 valence electrons. The summed E-state index contributed by atoms with van der Waals surface area (Å²) >= 11 is 7.20. The number of hydrogen-bond acceptors (Lipinski definition) is 6. The molecular weight excluding hydrogens is 450 g/mol. The molecule has 0 saturated heterocycles. The molecule has 1 aliphatic rings. The Morgan fingerprint density at radius 3 is 2.59 bits per heavy atom. The molecule has 1 aromatic heterocycles. The number of carbonyl (C=O) groups excluding carboxylic acids is 2. The molecule has 0 saturated carbocycles. The normalized spacial score (nSPS) is 12.1. The smallest absolute Gasteiger partial charge is 0.316 e. The molecule has 2 aromatic carbocycles. The van der Waals surface area contributed by atoms with Crippen molar-refractivity contribution >= 4 is 35.1 Å². The van der Waals surface area contributed by atoms with Gasteiger partial charge in [0.15, 0.2) is 18.1 Å². The van der Waals surface area contributed by atoms with Gasteiger partial charge in [0.2, 0.25) is 12.6 Å². The van der Waals surface area contributed by atoms with E-state index < -0.39 is 5.97 Å². The first kappa shape index (κ1) is 22.3. The average molecular weight is 472 g/mol. The summed E-state index contributed by atoms with van der Waals surface area (Å²) in [5, 5.41) is 0.638. The zero-order valence-electron chi connectivity index (χ0n) is 17.7. The van der Waals surface area contributed by atoms with Gasteiger partial charge in [-0.1, -0.05) is 17.7 Å². The Hall–Kier alpha value is -2.90. The summed E-state index contributed by atoms with van der Waals surface area (Å²) in [6.45, 7) is 4.39. The second-order valence-corrected chi connectivity index (χ2v) is 8.87. The van der Waals surface area contributed by atoms with Crippen LogP contribution in [0.25, 0.3) is 0 Å². The van der Waals surface area contributed by atoms with Crippen molar-refractivity contribution in [1.82, 2.24) is 4.57 Å². The van der Waals surface area contributed by atoms with Crippen molar-refractivity contribution in [3.63, 3.8) is 0 Å². The van der Waals surface area contributed by atoms with Gasteiger partial charge in [0.25, 0.3) is 0 Å². The fourth-order valence-corrected chi connectivity index (χ4v) is 4.31. The van der Waals surface area contributed by atoms with Crippen LogP contribution in [0.3, 0.4) is 0 Å². The number of ether oxygens (including phenoxy) is 3. The topological polar surface area (TPSA) is 66.8 Å². The van der Waals surface area contributed by atoms with Crippen molar-refractivity contribution in [2.45, 2.75) is 25.3 Å². The molecule has 0 fully saturated rings. The van der Waals surface area contributed by atoms with E-state index in [9.17, 15) is 9.59 Å². The summed E-state index contributed by atoms with van der Waals surface area (Å²) in [6.07, 6.45) is 0. The van der Waals surface area contributed by atoms with Crippen LogP contribution in [0.1, 0.15) is 27.3 Å². The van der Waals surface area contributed by atoms with Crippen molar-refractivity contribution < 1.29 is 23.8 Å². The molecule has 0 aliphatic carbocycles. The van der Waals surface area contributed by atoms with Gasteiger partial charge in [0, 0.05) is 33.4 Å². The van der Waals surface area contributed by atoms with E-state index in [2.05, 4.69) is 4.57 Å². The van der Waals surface area contributed by atoms with Gasteiger partial charge in [0.1, 0.15) is 0 Å². The van der Waals surface area contributed by atoms with Gasteiger partial charge in [-0.3, -0.25) is 9.59 Å². The van der Waals surface area contributed by atoms with E-state index in [0.29, 0.717) is 17.1 Å². The summed E-state index contributed by atoms with van der Waals surface area (Å²) in [7, 11) is 0. The van der Waals surface area contributed by atoms with E-state index in [4.69, 9.17) is 25.8 Å². The average Bonchev–Trinajstić information content (AvgIpc) is 3.36. The van der Waals surface area contributed by atoms with E-state index in [1.807, 2.05) is 50.2 Å². The summed E-state index contributed by atoms with van der Waals surface area (Å²) < 4.78 is 18.1. The van der Waals surface area contributed by atoms with Crippen molar-refractivity contribution in [3.05, 3.63) is 76.1 Å². The molecule has 0 radical (unpaired) electrons. The lowest BCUT2D eigenvalue weighted by Gasteiger charge is -2.11. The minimum atomic E-state index is -0.438. The third-order valence-electron chi connectivity index (χ3n) is 5.19. The van der Waals surface area contributed by atoms with Gasteiger partial charge < -0.3 is 18.8 Å². The third-order valence-corrected chi connectivity index (χ3v) is 6.42. The zero-order valence-corrected chi connectivity index (χ0v) is 19.3. The number of carbonyl (C=O) groups is 2. The number of aryl methyl sites for hydroxylation is 1. The lowest BCUT2D eigenvalue weighted by atomic mass is 10.1.